The number of likely N-dealkylation sites (tertiary alicyclic amines) is 1. The van der Waals surface area contributed by atoms with E-state index < -0.39 is 5.60 Å². The highest BCUT2D eigenvalue weighted by molar-refractivity contribution is 5.68. The van der Waals surface area contributed by atoms with E-state index in [0.717, 1.165) is 0 Å². The van der Waals surface area contributed by atoms with Gasteiger partial charge in [0.25, 0.3) is 0 Å². The average molecular weight is 290 g/mol. The molecule has 1 fully saturated rings. The molecule has 0 aliphatic carbocycles. The lowest BCUT2D eigenvalue weighted by Gasteiger charge is -2.24. The van der Waals surface area contributed by atoms with Crippen molar-refractivity contribution in [1.82, 2.24) is 4.90 Å². The number of hydrogen-bond donors (Lipinski definition) is 1. The normalized spacial score (nSPS) is 22.4. The van der Waals surface area contributed by atoms with Crippen LogP contribution in [-0.4, -0.2) is 36.2 Å². The molecule has 0 aromatic heterocycles. The van der Waals surface area contributed by atoms with E-state index in [9.17, 15) is 4.79 Å². The molecule has 4 nitrogen and oxygen atoms in total. The Balaban J connectivity index is 2.12. The van der Waals surface area contributed by atoms with Crippen LogP contribution >= 0.6 is 0 Å². The van der Waals surface area contributed by atoms with E-state index >= 15 is 0 Å². The van der Waals surface area contributed by atoms with Gasteiger partial charge in [-0.1, -0.05) is 29.8 Å². The molecule has 0 spiro atoms. The summed E-state index contributed by atoms with van der Waals surface area (Å²) < 4.78 is 5.47. The predicted octanol–water partition coefficient (Wildman–Crippen LogP) is 2.90. The monoisotopic (exact) mass is 290 g/mol. The summed E-state index contributed by atoms with van der Waals surface area (Å²) in [5, 5.41) is 0. The van der Waals surface area contributed by atoms with Crippen molar-refractivity contribution in [2.75, 3.05) is 19.6 Å². The van der Waals surface area contributed by atoms with Crippen molar-refractivity contribution in [1.29, 1.82) is 0 Å². The number of carbonyl (C=O) groups excluding carboxylic acids is 1. The third-order valence-corrected chi connectivity index (χ3v) is 3.87. The van der Waals surface area contributed by atoms with E-state index in [4.69, 9.17) is 10.5 Å². The Kier molecular flexibility index (Phi) is 4.57. The fraction of sp³-hybridized carbons (Fsp3) is 0.588. The summed E-state index contributed by atoms with van der Waals surface area (Å²) in [4.78, 5) is 14.0. The van der Waals surface area contributed by atoms with Gasteiger partial charge in [-0.25, -0.2) is 4.79 Å². The molecule has 0 unspecified atom stereocenters. The van der Waals surface area contributed by atoms with Crippen LogP contribution in [0, 0.1) is 12.8 Å². The van der Waals surface area contributed by atoms with Gasteiger partial charge in [-0.05, 0) is 45.7 Å². The second-order valence-corrected chi connectivity index (χ2v) is 6.90. The molecule has 1 saturated heterocycles. The summed E-state index contributed by atoms with van der Waals surface area (Å²) in [5.74, 6) is 0.585. The lowest BCUT2D eigenvalue weighted by molar-refractivity contribution is 0.0287. The van der Waals surface area contributed by atoms with Gasteiger partial charge in [-0.2, -0.15) is 0 Å². The van der Waals surface area contributed by atoms with Crippen molar-refractivity contribution in [3.63, 3.8) is 0 Å². The van der Waals surface area contributed by atoms with E-state index in [-0.39, 0.29) is 6.09 Å². The Morgan fingerprint density at radius 3 is 2.67 bits per heavy atom. The van der Waals surface area contributed by atoms with Gasteiger partial charge in [0.05, 0.1) is 0 Å². The maximum Gasteiger partial charge on any atom is 0.410 e. The van der Waals surface area contributed by atoms with Gasteiger partial charge in [0.1, 0.15) is 5.60 Å². The highest BCUT2D eigenvalue weighted by Crippen LogP contribution is 2.33. The number of nitrogens with two attached hydrogens (primary N) is 1. The minimum Gasteiger partial charge on any atom is -0.444 e. The number of ether oxygens (including phenoxy) is 1. The van der Waals surface area contributed by atoms with Crippen LogP contribution in [0.1, 0.15) is 37.8 Å². The standard InChI is InChI=1S/C17H26N2O2/c1-12-6-5-7-13(8-12)15-11-19(10-14(15)9-18)16(20)21-17(2,3)4/h5-8,14-15H,9-11,18H2,1-4H3/t14-,15+/m1/s1. The Morgan fingerprint density at radius 1 is 1.38 bits per heavy atom. The van der Waals surface area contributed by atoms with Gasteiger partial charge < -0.3 is 15.4 Å². The van der Waals surface area contributed by atoms with Crippen molar-refractivity contribution in [2.24, 2.45) is 11.7 Å². The summed E-state index contributed by atoms with van der Waals surface area (Å²) >= 11 is 0. The van der Waals surface area contributed by atoms with Gasteiger partial charge >= 0.3 is 6.09 Å². The topological polar surface area (TPSA) is 55.6 Å². The van der Waals surface area contributed by atoms with Gasteiger partial charge in [-0.15, -0.1) is 0 Å². The first-order chi connectivity index (χ1) is 9.80. The van der Waals surface area contributed by atoms with Crippen molar-refractivity contribution >= 4 is 6.09 Å². The summed E-state index contributed by atoms with van der Waals surface area (Å²) in [6, 6.07) is 8.46. The van der Waals surface area contributed by atoms with Crippen LogP contribution in [0.4, 0.5) is 4.79 Å². The molecule has 0 saturated carbocycles. The molecule has 2 rings (SSSR count). The maximum absolute atomic E-state index is 12.2. The Bertz CT molecular complexity index is 508. The van der Waals surface area contributed by atoms with Crippen LogP contribution in [0.3, 0.4) is 0 Å². The molecule has 1 aromatic carbocycles. The van der Waals surface area contributed by atoms with Crippen molar-refractivity contribution in [3.05, 3.63) is 35.4 Å². The summed E-state index contributed by atoms with van der Waals surface area (Å²) in [6.45, 7) is 9.68. The molecule has 21 heavy (non-hydrogen) atoms. The minimum atomic E-state index is -0.462. The summed E-state index contributed by atoms with van der Waals surface area (Å²) in [6.07, 6.45) is -0.240. The first-order valence-corrected chi connectivity index (χ1v) is 7.54. The molecule has 1 heterocycles. The number of rotatable bonds is 2. The van der Waals surface area contributed by atoms with Crippen LogP contribution in [0.2, 0.25) is 0 Å². The first-order valence-electron chi connectivity index (χ1n) is 7.54. The fourth-order valence-corrected chi connectivity index (χ4v) is 2.86. The third kappa shape index (κ3) is 3.97. The minimum absolute atomic E-state index is 0.240. The largest absolute Gasteiger partial charge is 0.444 e. The van der Waals surface area contributed by atoms with E-state index in [1.54, 1.807) is 4.90 Å². The van der Waals surface area contributed by atoms with Crippen molar-refractivity contribution in [3.8, 4) is 0 Å². The zero-order valence-corrected chi connectivity index (χ0v) is 13.4. The summed E-state index contributed by atoms with van der Waals surface area (Å²) in [7, 11) is 0. The lowest BCUT2D eigenvalue weighted by atomic mass is 9.88. The summed E-state index contributed by atoms with van der Waals surface area (Å²) in [5.41, 5.74) is 7.94. The molecule has 1 aromatic rings. The van der Waals surface area contributed by atoms with Crippen LogP contribution in [0.15, 0.2) is 24.3 Å². The Morgan fingerprint density at radius 2 is 2.10 bits per heavy atom. The zero-order valence-electron chi connectivity index (χ0n) is 13.4. The Labute approximate surface area is 127 Å². The number of carbonyl (C=O) groups is 1. The van der Waals surface area contributed by atoms with Crippen LogP contribution < -0.4 is 5.73 Å². The molecule has 2 atom stereocenters. The van der Waals surface area contributed by atoms with Gasteiger partial charge in [-0.3, -0.25) is 0 Å². The number of hydrogen-bond acceptors (Lipinski definition) is 3. The molecule has 116 valence electrons. The van der Waals surface area contributed by atoms with E-state index in [1.807, 2.05) is 20.8 Å². The van der Waals surface area contributed by atoms with Crippen molar-refractivity contribution < 1.29 is 9.53 Å². The number of amides is 1. The molecular weight excluding hydrogens is 264 g/mol. The number of benzene rings is 1. The van der Waals surface area contributed by atoms with Gasteiger partial charge in [0, 0.05) is 19.0 Å². The molecule has 1 aliphatic heterocycles. The quantitative estimate of drug-likeness (QED) is 0.911. The molecular formula is C17H26N2O2. The zero-order chi connectivity index (χ0) is 15.6. The predicted molar refractivity (Wildman–Crippen MR) is 84.3 cm³/mol. The van der Waals surface area contributed by atoms with Crippen LogP contribution in [0.25, 0.3) is 0 Å². The fourth-order valence-electron chi connectivity index (χ4n) is 2.86. The number of aryl methyl sites for hydroxylation is 1. The highest BCUT2D eigenvalue weighted by Gasteiger charge is 2.37. The third-order valence-electron chi connectivity index (χ3n) is 3.87. The van der Waals surface area contributed by atoms with E-state index in [1.165, 1.54) is 11.1 Å². The SMILES string of the molecule is Cc1cccc([C@@H]2CN(C(=O)OC(C)(C)C)C[C@H]2CN)c1. The lowest BCUT2D eigenvalue weighted by Crippen LogP contribution is -2.35. The molecule has 0 radical (unpaired) electrons. The average Bonchev–Trinajstić information content (AvgIpc) is 2.81. The van der Waals surface area contributed by atoms with Crippen LogP contribution in [0.5, 0.6) is 0 Å². The maximum atomic E-state index is 12.2. The van der Waals surface area contributed by atoms with Crippen LogP contribution in [-0.2, 0) is 4.74 Å². The second-order valence-electron chi connectivity index (χ2n) is 6.90. The molecule has 0 bridgehead atoms. The second kappa shape index (κ2) is 6.06. The first kappa shape index (κ1) is 15.8. The van der Waals surface area contributed by atoms with E-state index in [2.05, 4.69) is 31.2 Å². The van der Waals surface area contributed by atoms with Gasteiger partial charge in [0.15, 0.2) is 0 Å². The molecule has 2 N–H and O–H groups in total. The Hall–Kier alpha value is -1.55. The molecule has 1 amide bonds. The van der Waals surface area contributed by atoms with Crippen molar-refractivity contribution in [2.45, 2.75) is 39.2 Å². The molecule has 1 aliphatic rings. The highest BCUT2D eigenvalue weighted by atomic mass is 16.6. The van der Waals surface area contributed by atoms with E-state index in [0.29, 0.717) is 31.5 Å². The smallest absolute Gasteiger partial charge is 0.410 e. The number of nitrogens with zero attached hydrogens (tertiary/aromatic N) is 1. The van der Waals surface area contributed by atoms with Gasteiger partial charge in [0.2, 0.25) is 0 Å². The molecule has 4 heteroatoms.